The van der Waals surface area contributed by atoms with Crippen LogP contribution in [0.4, 0.5) is 0 Å². The van der Waals surface area contributed by atoms with Gasteiger partial charge >= 0.3 is 0 Å². The number of fused-ring (bicyclic) bond motifs is 9. The van der Waals surface area contributed by atoms with Gasteiger partial charge < -0.3 is 8.83 Å². The van der Waals surface area contributed by atoms with E-state index in [-0.39, 0.29) is 0 Å². The molecule has 1 aliphatic rings. The SMILES string of the molecule is C1=CCC(c2c3ccccc3c(-c3ccccc3)c3ccccc23)=c2c=1oc1ccc3oc4ccccc4c3c21. The van der Waals surface area contributed by atoms with Crippen LogP contribution in [0.3, 0.4) is 0 Å². The van der Waals surface area contributed by atoms with Crippen LogP contribution in [0.25, 0.3) is 76.9 Å². The van der Waals surface area contributed by atoms with Crippen molar-refractivity contribution in [3.63, 3.8) is 0 Å². The minimum absolute atomic E-state index is 0.770. The maximum absolute atomic E-state index is 6.48. The Balaban J connectivity index is 1.54. The molecular formula is C38H22O2. The molecule has 0 N–H and O–H groups in total. The Morgan fingerprint density at radius 1 is 0.475 bits per heavy atom. The molecular weight excluding hydrogens is 488 g/mol. The van der Waals surface area contributed by atoms with Gasteiger partial charge in [0.05, 0.1) is 0 Å². The highest BCUT2D eigenvalue weighted by atomic mass is 16.3. The van der Waals surface area contributed by atoms with Gasteiger partial charge in [0.15, 0.2) is 5.42 Å². The fourth-order valence-electron chi connectivity index (χ4n) is 6.74. The molecule has 2 nitrogen and oxygen atoms in total. The van der Waals surface area contributed by atoms with Crippen molar-refractivity contribution < 1.29 is 8.83 Å². The third kappa shape index (κ3) is 2.89. The summed E-state index contributed by atoms with van der Waals surface area (Å²) >= 11 is 0. The summed E-state index contributed by atoms with van der Waals surface area (Å²) in [5.41, 5.74) is 11.9. The van der Waals surface area contributed by atoms with Crippen molar-refractivity contribution in [2.45, 2.75) is 6.42 Å². The van der Waals surface area contributed by atoms with Gasteiger partial charge in [-0.25, -0.2) is 0 Å². The highest BCUT2D eigenvalue weighted by Gasteiger charge is 2.22. The van der Waals surface area contributed by atoms with Crippen LogP contribution in [-0.2, 0) is 0 Å². The molecule has 0 saturated carbocycles. The number of benzene rings is 6. The zero-order valence-corrected chi connectivity index (χ0v) is 21.6. The zero-order chi connectivity index (χ0) is 26.2. The fraction of sp³-hybridized carbons (Fsp3) is 0.0263. The molecule has 9 rings (SSSR count). The summed E-state index contributed by atoms with van der Waals surface area (Å²) in [7, 11) is 0. The lowest BCUT2D eigenvalue weighted by molar-refractivity contribution is 0.575. The van der Waals surface area contributed by atoms with Crippen LogP contribution >= 0.6 is 0 Å². The summed E-state index contributed by atoms with van der Waals surface area (Å²) in [6.45, 7) is 0. The maximum atomic E-state index is 6.48. The first-order valence-corrected chi connectivity index (χ1v) is 13.7. The highest BCUT2D eigenvalue weighted by molar-refractivity contribution is 6.21. The first kappa shape index (κ1) is 21.6. The van der Waals surface area contributed by atoms with E-state index in [0.717, 1.165) is 50.0 Å². The number of para-hydroxylation sites is 1. The van der Waals surface area contributed by atoms with Gasteiger partial charge in [-0.1, -0.05) is 103 Å². The van der Waals surface area contributed by atoms with Gasteiger partial charge in [-0.05, 0) is 74.5 Å². The van der Waals surface area contributed by atoms with E-state index in [1.807, 2.05) is 24.3 Å². The number of rotatable bonds is 2. The van der Waals surface area contributed by atoms with Crippen molar-refractivity contribution in [2.75, 3.05) is 0 Å². The smallest absolute Gasteiger partial charge is 0.177 e. The van der Waals surface area contributed by atoms with E-state index < -0.39 is 0 Å². The van der Waals surface area contributed by atoms with Crippen LogP contribution < -0.4 is 10.6 Å². The molecule has 0 unspecified atom stereocenters. The molecule has 8 aromatic rings. The second-order valence-corrected chi connectivity index (χ2v) is 10.5. The molecule has 0 amide bonds. The Labute approximate surface area is 229 Å². The molecule has 0 atom stereocenters. The molecule has 0 saturated heterocycles. The molecule has 0 bridgehead atoms. The second-order valence-electron chi connectivity index (χ2n) is 10.5. The van der Waals surface area contributed by atoms with Crippen molar-refractivity contribution in [3.8, 4) is 11.1 Å². The van der Waals surface area contributed by atoms with Crippen LogP contribution in [-0.4, -0.2) is 0 Å². The lowest BCUT2D eigenvalue weighted by Gasteiger charge is -2.19. The monoisotopic (exact) mass is 510 g/mol. The topological polar surface area (TPSA) is 26.3 Å². The Bertz CT molecular complexity index is 2430. The van der Waals surface area contributed by atoms with Gasteiger partial charge in [-0.2, -0.15) is 0 Å². The minimum Gasteiger partial charge on any atom is -0.456 e. The van der Waals surface area contributed by atoms with Crippen molar-refractivity contribution in [1.82, 2.24) is 0 Å². The number of allylic oxidation sites excluding steroid dienone is 1. The summed E-state index contributed by atoms with van der Waals surface area (Å²) in [4.78, 5) is 0. The molecule has 6 aromatic carbocycles. The Hall–Kier alpha value is -5.30. The van der Waals surface area contributed by atoms with Gasteiger partial charge in [0.1, 0.15) is 16.7 Å². The molecule has 2 heterocycles. The predicted octanol–water partition coefficient (Wildman–Crippen LogP) is 8.84. The Kier molecular flexibility index (Phi) is 4.38. The molecule has 186 valence electrons. The molecule has 0 fully saturated rings. The summed E-state index contributed by atoms with van der Waals surface area (Å²) in [6, 6.07) is 40.7. The minimum atomic E-state index is 0.770. The van der Waals surface area contributed by atoms with Gasteiger partial charge in [0.25, 0.3) is 0 Å². The van der Waals surface area contributed by atoms with E-state index in [1.54, 1.807) is 0 Å². The molecule has 0 spiro atoms. The van der Waals surface area contributed by atoms with Crippen LogP contribution in [0.5, 0.6) is 0 Å². The van der Waals surface area contributed by atoms with Crippen molar-refractivity contribution >= 4 is 65.8 Å². The van der Waals surface area contributed by atoms with Crippen LogP contribution in [0.15, 0.2) is 130 Å². The lowest BCUT2D eigenvalue weighted by Crippen LogP contribution is -2.25. The molecule has 2 aromatic heterocycles. The van der Waals surface area contributed by atoms with Crippen molar-refractivity contribution in [3.05, 3.63) is 138 Å². The van der Waals surface area contributed by atoms with Crippen LogP contribution in [0.2, 0.25) is 0 Å². The first-order valence-electron chi connectivity index (χ1n) is 13.7. The molecule has 0 aliphatic heterocycles. The molecule has 2 heteroatoms. The molecule has 1 aliphatic carbocycles. The first-order chi connectivity index (χ1) is 19.9. The van der Waals surface area contributed by atoms with E-state index in [2.05, 4.69) is 103 Å². The van der Waals surface area contributed by atoms with Gasteiger partial charge in [0.2, 0.25) is 0 Å². The Morgan fingerprint density at radius 2 is 1.05 bits per heavy atom. The van der Waals surface area contributed by atoms with Gasteiger partial charge in [-0.15, -0.1) is 0 Å². The quantitative estimate of drug-likeness (QED) is 0.217. The number of hydrogen-bond donors (Lipinski definition) is 0. The van der Waals surface area contributed by atoms with Gasteiger partial charge in [0, 0.05) is 21.4 Å². The number of furan rings is 2. The summed E-state index contributed by atoms with van der Waals surface area (Å²) < 4.78 is 12.8. The van der Waals surface area contributed by atoms with Gasteiger partial charge in [-0.3, -0.25) is 0 Å². The standard InChI is InChI=1S/C38H22O2/c1-2-11-23(12-3-1)34-24-13-4-6-15-26(24)35(27-16-7-5-14-25(27)34)29-18-10-20-31-37(29)38-33(40-31)22-21-32-36(38)28-17-8-9-19-30(28)39-32/h1-17,19,21-22H,18H2. The fourth-order valence-corrected chi connectivity index (χ4v) is 6.74. The Morgan fingerprint density at radius 3 is 1.75 bits per heavy atom. The zero-order valence-electron chi connectivity index (χ0n) is 21.6. The number of hydrogen-bond acceptors (Lipinski definition) is 2. The highest BCUT2D eigenvalue weighted by Crippen LogP contribution is 2.42. The predicted molar refractivity (Wildman–Crippen MR) is 165 cm³/mol. The van der Waals surface area contributed by atoms with Crippen molar-refractivity contribution in [2.24, 2.45) is 0 Å². The average Bonchev–Trinajstić information content (AvgIpc) is 3.58. The van der Waals surface area contributed by atoms with E-state index in [0.29, 0.717) is 0 Å². The summed E-state index contributed by atoms with van der Waals surface area (Å²) in [5, 5.41) is 9.43. The van der Waals surface area contributed by atoms with Crippen LogP contribution in [0, 0.1) is 0 Å². The third-order valence-electron chi connectivity index (χ3n) is 8.33. The summed E-state index contributed by atoms with van der Waals surface area (Å²) in [6.07, 6.45) is 2.88. The third-order valence-corrected chi connectivity index (χ3v) is 8.33. The summed E-state index contributed by atoms with van der Waals surface area (Å²) in [5.74, 6) is 0. The van der Waals surface area contributed by atoms with E-state index in [1.165, 1.54) is 43.8 Å². The average molecular weight is 511 g/mol. The van der Waals surface area contributed by atoms with E-state index in [9.17, 15) is 0 Å². The molecule has 40 heavy (non-hydrogen) atoms. The van der Waals surface area contributed by atoms with Crippen molar-refractivity contribution in [1.29, 1.82) is 0 Å². The maximum Gasteiger partial charge on any atom is 0.177 e. The van der Waals surface area contributed by atoms with Crippen LogP contribution in [0.1, 0.15) is 12.0 Å². The second kappa shape index (κ2) is 8.10. The normalized spacial score (nSPS) is 13.1. The largest absolute Gasteiger partial charge is 0.456 e. The van der Waals surface area contributed by atoms with E-state index in [4.69, 9.17) is 8.83 Å². The molecule has 0 radical (unpaired) electrons. The lowest BCUT2D eigenvalue weighted by atomic mass is 9.84. The van der Waals surface area contributed by atoms with E-state index >= 15 is 0 Å².